The van der Waals surface area contributed by atoms with Gasteiger partial charge in [0.2, 0.25) is 5.58 Å². The van der Waals surface area contributed by atoms with Crippen LogP contribution in [0.3, 0.4) is 0 Å². The predicted octanol–water partition coefficient (Wildman–Crippen LogP) is 3.34. The zero-order valence-electron chi connectivity index (χ0n) is 15.8. The number of Topliss-reactive ketones (excluding diaryl/α,β-unsaturated/α-hetero) is 1. The molecule has 0 aliphatic carbocycles. The highest BCUT2D eigenvalue weighted by atomic mass is 79.9. The number of carbonyl (C=O) groups excluding carboxylic acids is 2. The van der Waals surface area contributed by atoms with E-state index in [1.165, 1.54) is 13.4 Å². The lowest BCUT2D eigenvalue weighted by Gasteiger charge is -2.08. The number of fused-ring (bicyclic) bond motifs is 3. The van der Waals surface area contributed by atoms with Gasteiger partial charge in [-0.1, -0.05) is 12.1 Å². The van der Waals surface area contributed by atoms with Crippen LogP contribution in [0.15, 0.2) is 62.5 Å². The first-order valence-corrected chi connectivity index (χ1v) is 9.66. The predicted molar refractivity (Wildman–Crippen MR) is 112 cm³/mol. The number of nitrogens with zero attached hydrogens (tertiary/aromatic N) is 2. The Bertz CT molecular complexity index is 1340. The largest absolute Gasteiger partial charge is 0.496 e. The minimum Gasteiger partial charge on any atom is -0.496 e. The smallest absolute Gasteiger partial charge is 0.326 e. The molecular formula is C21H15BrN2O6. The summed E-state index contributed by atoms with van der Waals surface area (Å²) in [6, 6.07) is 11.9. The molecule has 8 nitrogen and oxygen atoms in total. The van der Waals surface area contributed by atoms with Gasteiger partial charge in [0.1, 0.15) is 23.4 Å². The highest BCUT2D eigenvalue weighted by molar-refractivity contribution is 9.10. The average Bonchev–Trinajstić information content (AvgIpc) is 3.13. The quantitative estimate of drug-likeness (QED) is 0.314. The lowest BCUT2D eigenvalue weighted by molar-refractivity contribution is -0.143. The Labute approximate surface area is 178 Å². The summed E-state index contributed by atoms with van der Waals surface area (Å²) in [5, 5.41) is 0.718. The summed E-state index contributed by atoms with van der Waals surface area (Å²) in [7, 11) is 1.52. The lowest BCUT2D eigenvalue weighted by atomic mass is 10.1. The van der Waals surface area contributed by atoms with Crippen molar-refractivity contribution in [3.8, 4) is 5.75 Å². The second-order valence-corrected chi connectivity index (χ2v) is 7.24. The Hall–Kier alpha value is -3.46. The van der Waals surface area contributed by atoms with E-state index in [1.807, 2.05) is 6.07 Å². The SMILES string of the molecule is COc1ccc(C(=O)COC(=O)Cn2cnc3c(oc4ccccc43)c2=O)cc1Br. The molecule has 2 aromatic heterocycles. The second kappa shape index (κ2) is 8.11. The summed E-state index contributed by atoms with van der Waals surface area (Å²) in [6.45, 7) is -0.842. The summed E-state index contributed by atoms with van der Waals surface area (Å²) in [5.74, 6) is -0.545. The standard InChI is InChI=1S/C21H15BrN2O6/c1-28-17-7-6-12(8-14(17)22)15(25)10-29-18(26)9-24-11-23-19-13-4-2-3-5-16(13)30-20(19)21(24)27/h2-8,11H,9-10H2,1H3. The number of rotatable bonds is 6. The molecule has 9 heteroatoms. The van der Waals surface area contributed by atoms with Crippen LogP contribution in [0.2, 0.25) is 0 Å². The Balaban J connectivity index is 1.46. The number of methoxy groups -OCH3 is 1. The lowest BCUT2D eigenvalue weighted by Crippen LogP contribution is -2.26. The van der Waals surface area contributed by atoms with Gasteiger partial charge in [0, 0.05) is 10.9 Å². The van der Waals surface area contributed by atoms with Crippen LogP contribution >= 0.6 is 15.9 Å². The zero-order valence-corrected chi connectivity index (χ0v) is 17.3. The first-order valence-electron chi connectivity index (χ1n) is 8.87. The van der Waals surface area contributed by atoms with Crippen LogP contribution in [0.5, 0.6) is 5.75 Å². The van der Waals surface area contributed by atoms with Gasteiger partial charge >= 0.3 is 5.97 Å². The van der Waals surface area contributed by atoms with E-state index in [1.54, 1.807) is 36.4 Å². The number of para-hydroxylation sites is 1. The molecule has 30 heavy (non-hydrogen) atoms. The number of hydrogen-bond acceptors (Lipinski definition) is 7. The number of ether oxygens (including phenoxy) is 2. The maximum absolute atomic E-state index is 12.6. The van der Waals surface area contributed by atoms with Crippen LogP contribution in [-0.2, 0) is 16.1 Å². The van der Waals surface area contributed by atoms with Gasteiger partial charge in [-0.25, -0.2) is 4.98 Å². The molecule has 0 radical (unpaired) electrons. The fourth-order valence-electron chi connectivity index (χ4n) is 2.98. The number of hydrogen-bond donors (Lipinski definition) is 0. The summed E-state index contributed by atoms with van der Waals surface area (Å²) < 4.78 is 17.4. The highest BCUT2D eigenvalue weighted by Gasteiger charge is 2.16. The fourth-order valence-corrected chi connectivity index (χ4v) is 3.52. The Kier molecular flexibility index (Phi) is 5.37. The van der Waals surface area contributed by atoms with Crippen molar-refractivity contribution < 1.29 is 23.5 Å². The number of halogens is 1. The van der Waals surface area contributed by atoms with Gasteiger partial charge in [0.05, 0.1) is 17.9 Å². The first-order chi connectivity index (χ1) is 14.5. The fraction of sp³-hybridized carbons (Fsp3) is 0.143. The normalized spacial score (nSPS) is 11.0. The van der Waals surface area contributed by atoms with Crippen LogP contribution in [-0.4, -0.2) is 35.0 Å². The number of furan rings is 1. The third-order valence-electron chi connectivity index (χ3n) is 4.49. The van der Waals surface area contributed by atoms with Crippen LogP contribution in [0.25, 0.3) is 22.1 Å². The molecule has 0 saturated heterocycles. The number of benzene rings is 2. The minimum atomic E-state index is -0.740. The minimum absolute atomic E-state index is 0.0608. The van der Waals surface area contributed by atoms with Gasteiger partial charge in [-0.2, -0.15) is 0 Å². The van der Waals surface area contributed by atoms with E-state index in [0.29, 0.717) is 26.9 Å². The summed E-state index contributed by atoms with van der Waals surface area (Å²) in [4.78, 5) is 41.3. The molecule has 0 spiro atoms. The Morgan fingerprint density at radius 3 is 2.77 bits per heavy atom. The summed E-state index contributed by atoms with van der Waals surface area (Å²) in [6.07, 6.45) is 1.26. The highest BCUT2D eigenvalue weighted by Crippen LogP contribution is 2.26. The van der Waals surface area contributed by atoms with Gasteiger partial charge in [0.25, 0.3) is 5.56 Å². The number of carbonyl (C=O) groups is 2. The molecule has 0 aliphatic rings. The molecule has 4 aromatic rings. The van der Waals surface area contributed by atoms with Crippen molar-refractivity contribution in [1.82, 2.24) is 9.55 Å². The van der Waals surface area contributed by atoms with Crippen molar-refractivity contribution in [2.45, 2.75) is 6.54 Å². The van der Waals surface area contributed by atoms with Crippen molar-refractivity contribution in [2.75, 3.05) is 13.7 Å². The van der Waals surface area contributed by atoms with E-state index >= 15 is 0 Å². The molecular weight excluding hydrogens is 456 g/mol. The van der Waals surface area contributed by atoms with Crippen molar-refractivity contribution in [2.24, 2.45) is 0 Å². The molecule has 152 valence electrons. The maximum Gasteiger partial charge on any atom is 0.326 e. The molecule has 0 atom stereocenters. The van der Waals surface area contributed by atoms with Gasteiger partial charge in [-0.05, 0) is 46.3 Å². The molecule has 0 bridgehead atoms. The summed E-state index contributed by atoms with van der Waals surface area (Å²) >= 11 is 3.30. The van der Waals surface area contributed by atoms with E-state index in [4.69, 9.17) is 13.9 Å². The Morgan fingerprint density at radius 2 is 2.00 bits per heavy atom. The Morgan fingerprint density at radius 1 is 1.20 bits per heavy atom. The summed E-state index contributed by atoms with van der Waals surface area (Å²) in [5.41, 5.74) is 0.886. The van der Waals surface area contributed by atoms with Gasteiger partial charge in [0.15, 0.2) is 12.4 Å². The van der Waals surface area contributed by atoms with Gasteiger partial charge < -0.3 is 13.9 Å². The third-order valence-corrected chi connectivity index (χ3v) is 5.11. The molecule has 0 fully saturated rings. The molecule has 4 rings (SSSR count). The topological polar surface area (TPSA) is 101 Å². The monoisotopic (exact) mass is 470 g/mol. The molecule has 0 N–H and O–H groups in total. The van der Waals surface area contributed by atoms with E-state index < -0.39 is 24.7 Å². The number of ketones is 1. The van der Waals surface area contributed by atoms with Crippen molar-refractivity contribution in [3.05, 3.63) is 69.2 Å². The van der Waals surface area contributed by atoms with Crippen LogP contribution in [0.1, 0.15) is 10.4 Å². The second-order valence-electron chi connectivity index (χ2n) is 6.39. The average molecular weight is 471 g/mol. The van der Waals surface area contributed by atoms with Crippen molar-refractivity contribution >= 4 is 49.8 Å². The maximum atomic E-state index is 12.6. The van der Waals surface area contributed by atoms with Crippen molar-refractivity contribution in [1.29, 1.82) is 0 Å². The molecule has 0 amide bonds. The third kappa shape index (κ3) is 3.71. The molecule has 0 aliphatic heterocycles. The molecule has 0 saturated carbocycles. The van der Waals surface area contributed by atoms with Crippen LogP contribution < -0.4 is 10.3 Å². The number of aromatic nitrogens is 2. The van der Waals surface area contributed by atoms with E-state index in [2.05, 4.69) is 20.9 Å². The molecule has 2 aromatic carbocycles. The van der Waals surface area contributed by atoms with E-state index in [9.17, 15) is 14.4 Å². The van der Waals surface area contributed by atoms with Crippen molar-refractivity contribution in [3.63, 3.8) is 0 Å². The van der Waals surface area contributed by atoms with Crippen LogP contribution in [0.4, 0.5) is 0 Å². The van der Waals surface area contributed by atoms with Crippen LogP contribution in [0, 0.1) is 0 Å². The first kappa shape index (κ1) is 19.8. The molecule has 2 heterocycles. The van der Waals surface area contributed by atoms with Gasteiger partial charge in [-0.3, -0.25) is 19.0 Å². The van der Waals surface area contributed by atoms with E-state index in [0.717, 1.165) is 9.95 Å². The van der Waals surface area contributed by atoms with Gasteiger partial charge in [-0.15, -0.1) is 0 Å². The molecule has 0 unspecified atom stereocenters. The van der Waals surface area contributed by atoms with E-state index in [-0.39, 0.29) is 11.4 Å². The zero-order chi connectivity index (χ0) is 21.3. The number of esters is 1.